The number of primary amides is 1. The van der Waals surface area contributed by atoms with Crippen LogP contribution in [-0.4, -0.2) is 10.9 Å². The number of aromatic nitrogens is 1. The standard InChI is InChI=1S/C15H16FN3O/c1-10(12-3-2-6-18-8-12)19-9-13-5-4-11(15(17)20)7-14(13)16/h2-8,10,19H,9H2,1H3,(H2,17,20)/t10-/m0/s1. The van der Waals surface area contributed by atoms with Gasteiger partial charge in [0.05, 0.1) is 0 Å². The van der Waals surface area contributed by atoms with Crippen molar-refractivity contribution in [2.75, 3.05) is 0 Å². The van der Waals surface area contributed by atoms with E-state index in [0.29, 0.717) is 12.1 Å². The van der Waals surface area contributed by atoms with E-state index in [1.54, 1.807) is 18.5 Å². The predicted molar refractivity (Wildman–Crippen MR) is 74.4 cm³/mol. The van der Waals surface area contributed by atoms with Crippen molar-refractivity contribution in [1.29, 1.82) is 0 Å². The second-order valence-corrected chi connectivity index (χ2v) is 4.56. The van der Waals surface area contributed by atoms with Crippen molar-refractivity contribution in [2.24, 2.45) is 5.73 Å². The van der Waals surface area contributed by atoms with Gasteiger partial charge in [0.15, 0.2) is 0 Å². The number of amides is 1. The third kappa shape index (κ3) is 3.39. The number of nitrogens with one attached hydrogen (secondary N) is 1. The molecule has 1 amide bonds. The van der Waals surface area contributed by atoms with Crippen molar-refractivity contribution >= 4 is 5.91 Å². The van der Waals surface area contributed by atoms with E-state index in [2.05, 4.69) is 10.3 Å². The molecule has 104 valence electrons. The Labute approximate surface area is 116 Å². The highest BCUT2D eigenvalue weighted by Crippen LogP contribution is 2.14. The van der Waals surface area contributed by atoms with Gasteiger partial charge in [0.2, 0.25) is 5.91 Å². The number of halogens is 1. The zero-order valence-corrected chi connectivity index (χ0v) is 11.1. The highest BCUT2D eigenvalue weighted by molar-refractivity contribution is 5.92. The first-order valence-electron chi connectivity index (χ1n) is 6.29. The Bertz CT molecular complexity index is 601. The summed E-state index contributed by atoms with van der Waals surface area (Å²) in [5.41, 5.74) is 6.80. The van der Waals surface area contributed by atoms with Gasteiger partial charge in [-0.2, -0.15) is 0 Å². The lowest BCUT2D eigenvalue weighted by Gasteiger charge is -2.14. The molecule has 1 aromatic carbocycles. The lowest BCUT2D eigenvalue weighted by atomic mass is 10.1. The first kappa shape index (κ1) is 14.1. The van der Waals surface area contributed by atoms with Crippen LogP contribution in [0.4, 0.5) is 4.39 Å². The van der Waals surface area contributed by atoms with E-state index in [1.165, 1.54) is 6.07 Å². The van der Waals surface area contributed by atoms with Gasteiger partial charge in [-0.1, -0.05) is 12.1 Å². The molecule has 5 heteroatoms. The summed E-state index contributed by atoms with van der Waals surface area (Å²) >= 11 is 0. The fourth-order valence-corrected chi connectivity index (χ4v) is 1.86. The fraction of sp³-hybridized carbons (Fsp3) is 0.200. The molecule has 0 saturated carbocycles. The number of hydrogen-bond donors (Lipinski definition) is 2. The number of rotatable bonds is 5. The molecule has 3 N–H and O–H groups in total. The first-order valence-corrected chi connectivity index (χ1v) is 6.29. The van der Waals surface area contributed by atoms with Gasteiger partial charge < -0.3 is 11.1 Å². The lowest BCUT2D eigenvalue weighted by molar-refractivity contribution is 0.1000. The smallest absolute Gasteiger partial charge is 0.248 e. The summed E-state index contributed by atoms with van der Waals surface area (Å²) in [6, 6.07) is 8.12. The van der Waals surface area contributed by atoms with Gasteiger partial charge in [0.1, 0.15) is 5.82 Å². The summed E-state index contributed by atoms with van der Waals surface area (Å²) in [5.74, 6) is -1.07. The van der Waals surface area contributed by atoms with Crippen LogP contribution in [0.2, 0.25) is 0 Å². The Hall–Kier alpha value is -2.27. The second kappa shape index (κ2) is 6.25. The Morgan fingerprint density at radius 3 is 2.85 bits per heavy atom. The summed E-state index contributed by atoms with van der Waals surface area (Å²) < 4.78 is 13.8. The zero-order chi connectivity index (χ0) is 14.5. The van der Waals surface area contributed by atoms with Crippen LogP contribution in [0, 0.1) is 5.82 Å². The number of pyridine rings is 1. The minimum atomic E-state index is -0.632. The molecular formula is C15H16FN3O. The monoisotopic (exact) mass is 273 g/mol. The average molecular weight is 273 g/mol. The SMILES string of the molecule is C[C@H](NCc1ccc(C(N)=O)cc1F)c1cccnc1. The number of benzene rings is 1. The summed E-state index contributed by atoms with van der Waals surface area (Å²) in [6.07, 6.45) is 3.47. The van der Waals surface area contributed by atoms with E-state index in [9.17, 15) is 9.18 Å². The molecule has 2 aromatic rings. The van der Waals surface area contributed by atoms with Crippen molar-refractivity contribution in [3.05, 3.63) is 65.2 Å². The fourth-order valence-electron chi connectivity index (χ4n) is 1.86. The van der Waals surface area contributed by atoms with E-state index >= 15 is 0 Å². The van der Waals surface area contributed by atoms with E-state index in [0.717, 1.165) is 11.6 Å². The maximum Gasteiger partial charge on any atom is 0.248 e. The molecule has 1 atom stereocenters. The van der Waals surface area contributed by atoms with Gasteiger partial charge in [0.25, 0.3) is 0 Å². The molecular weight excluding hydrogens is 257 g/mol. The molecule has 20 heavy (non-hydrogen) atoms. The molecule has 0 aliphatic carbocycles. The maximum absolute atomic E-state index is 13.8. The minimum absolute atomic E-state index is 0.0546. The molecule has 0 unspecified atom stereocenters. The normalized spacial score (nSPS) is 12.1. The predicted octanol–water partition coefficient (Wildman–Crippen LogP) is 2.17. The molecule has 0 fully saturated rings. The number of hydrogen-bond acceptors (Lipinski definition) is 3. The summed E-state index contributed by atoms with van der Waals surface area (Å²) in [7, 11) is 0. The van der Waals surface area contributed by atoms with Gasteiger partial charge in [-0.15, -0.1) is 0 Å². The number of carbonyl (C=O) groups is 1. The Morgan fingerprint density at radius 2 is 2.25 bits per heavy atom. The zero-order valence-electron chi connectivity index (χ0n) is 11.1. The van der Waals surface area contributed by atoms with Crippen LogP contribution in [0.5, 0.6) is 0 Å². The van der Waals surface area contributed by atoms with Crippen LogP contribution < -0.4 is 11.1 Å². The molecule has 1 aromatic heterocycles. The summed E-state index contributed by atoms with van der Waals surface area (Å²) in [4.78, 5) is 15.0. The van der Waals surface area contributed by atoms with E-state index in [-0.39, 0.29) is 11.6 Å². The van der Waals surface area contributed by atoms with Crippen LogP contribution in [0.1, 0.15) is 34.5 Å². The van der Waals surface area contributed by atoms with Gasteiger partial charge in [-0.25, -0.2) is 4.39 Å². The first-order chi connectivity index (χ1) is 9.58. The third-order valence-corrected chi connectivity index (χ3v) is 3.12. The Kier molecular flexibility index (Phi) is 4.42. The van der Waals surface area contributed by atoms with Crippen LogP contribution in [0.25, 0.3) is 0 Å². The number of nitrogens with zero attached hydrogens (tertiary/aromatic N) is 1. The molecule has 0 aliphatic rings. The minimum Gasteiger partial charge on any atom is -0.366 e. The summed E-state index contributed by atoms with van der Waals surface area (Å²) in [6.45, 7) is 2.34. The number of nitrogens with two attached hydrogens (primary N) is 1. The molecule has 1 heterocycles. The second-order valence-electron chi connectivity index (χ2n) is 4.56. The Balaban J connectivity index is 2.02. The molecule has 0 saturated heterocycles. The lowest BCUT2D eigenvalue weighted by Crippen LogP contribution is -2.19. The van der Waals surface area contributed by atoms with E-state index in [1.807, 2.05) is 19.1 Å². The van der Waals surface area contributed by atoms with Crippen LogP contribution in [0.15, 0.2) is 42.7 Å². The molecule has 0 spiro atoms. The topological polar surface area (TPSA) is 68.0 Å². The molecule has 0 radical (unpaired) electrons. The van der Waals surface area contributed by atoms with Gasteiger partial charge >= 0.3 is 0 Å². The van der Waals surface area contributed by atoms with Crippen molar-refractivity contribution < 1.29 is 9.18 Å². The highest BCUT2D eigenvalue weighted by Gasteiger charge is 2.09. The van der Waals surface area contributed by atoms with Crippen LogP contribution >= 0.6 is 0 Å². The third-order valence-electron chi connectivity index (χ3n) is 3.12. The van der Waals surface area contributed by atoms with Crippen molar-refractivity contribution in [3.8, 4) is 0 Å². The highest BCUT2D eigenvalue weighted by atomic mass is 19.1. The maximum atomic E-state index is 13.8. The van der Waals surface area contributed by atoms with Crippen molar-refractivity contribution in [3.63, 3.8) is 0 Å². The van der Waals surface area contributed by atoms with E-state index < -0.39 is 11.7 Å². The Morgan fingerprint density at radius 1 is 1.45 bits per heavy atom. The van der Waals surface area contributed by atoms with Crippen LogP contribution in [0.3, 0.4) is 0 Å². The van der Waals surface area contributed by atoms with Crippen LogP contribution in [-0.2, 0) is 6.54 Å². The van der Waals surface area contributed by atoms with Crippen molar-refractivity contribution in [2.45, 2.75) is 19.5 Å². The largest absolute Gasteiger partial charge is 0.366 e. The molecule has 4 nitrogen and oxygen atoms in total. The van der Waals surface area contributed by atoms with Gasteiger partial charge in [-0.05, 0) is 30.7 Å². The quantitative estimate of drug-likeness (QED) is 0.877. The van der Waals surface area contributed by atoms with Crippen molar-refractivity contribution in [1.82, 2.24) is 10.3 Å². The summed E-state index contributed by atoms with van der Waals surface area (Å²) in [5, 5.41) is 3.21. The molecule has 0 bridgehead atoms. The average Bonchev–Trinajstić information content (AvgIpc) is 2.46. The molecule has 2 rings (SSSR count). The van der Waals surface area contributed by atoms with Gasteiger partial charge in [-0.3, -0.25) is 9.78 Å². The van der Waals surface area contributed by atoms with E-state index in [4.69, 9.17) is 5.73 Å². The van der Waals surface area contributed by atoms with Gasteiger partial charge in [0, 0.05) is 36.1 Å². The molecule has 0 aliphatic heterocycles. The number of carbonyl (C=O) groups excluding carboxylic acids is 1.